The molecule has 3 N–H and O–H groups in total. The minimum absolute atomic E-state index is 0.0116. The van der Waals surface area contributed by atoms with Gasteiger partial charge in [0.2, 0.25) is 17.7 Å². The summed E-state index contributed by atoms with van der Waals surface area (Å²) in [5.74, 6) is 0.154. The number of aromatic amines is 1. The van der Waals surface area contributed by atoms with Gasteiger partial charge in [-0.3, -0.25) is 18.6 Å². The van der Waals surface area contributed by atoms with Gasteiger partial charge in [-0.05, 0) is 46.0 Å². The zero-order chi connectivity index (χ0) is 39.5. The second kappa shape index (κ2) is 18.5. The van der Waals surface area contributed by atoms with E-state index in [1.807, 2.05) is 121 Å². The van der Waals surface area contributed by atoms with E-state index < -0.39 is 25.8 Å². The fraction of sp³-hybridized carbons (Fsp3) is 0.182. The number of carbonyl (C=O) groups is 2. The Bertz CT molecular complexity index is 2370. The highest BCUT2D eigenvalue weighted by molar-refractivity contribution is 7.48. The van der Waals surface area contributed by atoms with Crippen molar-refractivity contribution in [2.45, 2.75) is 51.5 Å². The minimum Gasteiger partial charge on any atom is -0.404 e. The lowest BCUT2D eigenvalue weighted by atomic mass is 10.0. The lowest BCUT2D eigenvalue weighted by Crippen LogP contribution is -2.48. The lowest BCUT2D eigenvalue weighted by molar-refractivity contribution is -0.128. The summed E-state index contributed by atoms with van der Waals surface area (Å²) < 4.78 is 37.1. The minimum atomic E-state index is -4.10. The lowest BCUT2D eigenvalue weighted by Gasteiger charge is -2.22. The quantitative estimate of drug-likeness (QED) is 0.0730. The molecule has 0 bridgehead atoms. The molecule has 0 spiro atoms. The molecule has 2 heterocycles. The first-order valence-electron chi connectivity index (χ1n) is 18.5. The molecule has 0 radical (unpaired) electrons. The monoisotopic (exact) mass is 783 g/mol. The highest BCUT2D eigenvalue weighted by atomic mass is 31.2. The maximum Gasteiger partial charge on any atom is 0.530 e. The summed E-state index contributed by atoms with van der Waals surface area (Å²) in [4.78, 5) is 34.4. The van der Waals surface area contributed by atoms with Gasteiger partial charge in [0.1, 0.15) is 17.8 Å². The zero-order valence-corrected chi connectivity index (χ0v) is 32.1. The second-order valence-corrected chi connectivity index (χ2v) is 15.1. The molecule has 290 valence electrons. The first kappa shape index (κ1) is 38.9. The second-order valence-electron chi connectivity index (χ2n) is 13.5. The van der Waals surface area contributed by atoms with Gasteiger partial charge in [0.05, 0.1) is 13.2 Å². The summed E-state index contributed by atoms with van der Waals surface area (Å²) in [5.41, 5.74) is 5.24. The highest BCUT2D eigenvalue weighted by Gasteiger charge is 2.30. The van der Waals surface area contributed by atoms with Gasteiger partial charge >= 0.3 is 7.82 Å². The number of carbonyl (C=O) groups excluding carboxylic acids is 2. The molecule has 7 aromatic rings. The number of nitrogens with one attached hydrogen (secondary N) is 3. The normalized spacial score (nSPS) is 12.5. The molecular weight excluding hydrogens is 741 g/mol. The van der Waals surface area contributed by atoms with Crippen molar-refractivity contribution < 1.29 is 32.2 Å². The molecule has 2 atom stereocenters. The average Bonchev–Trinajstić information content (AvgIpc) is 3.88. The van der Waals surface area contributed by atoms with Crippen LogP contribution in [0.4, 0.5) is 0 Å². The first-order valence-corrected chi connectivity index (χ1v) is 20.0. The van der Waals surface area contributed by atoms with Crippen LogP contribution in [0.1, 0.15) is 52.5 Å². The summed E-state index contributed by atoms with van der Waals surface area (Å²) in [5, 5.41) is 11.1. The fourth-order valence-corrected chi connectivity index (χ4v) is 7.48. The number of rotatable bonds is 18. The van der Waals surface area contributed by atoms with E-state index in [0.717, 1.165) is 33.2 Å². The summed E-state index contributed by atoms with van der Waals surface area (Å²) in [6, 6.07) is 41.4. The van der Waals surface area contributed by atoms with Gasteiger partial charge in [-0.15, -0.1) is 0 Å². The number of nitrogens with zero attached hydrogens (tertiary/aromatic N) is 2. The van der Waals surface area contributed by atoms with Crippen LogP contribution in [0.2, 0.25) is 0 Å². The van der Waals surface area contributed by atoms with Gasteiger partial charge in [-0.25, -0.2) is 4.57 Å². The number of fused-ring (bicyclic) bond motifs is 1. The molecule has 13 heteroatoms. The summed E-state index contributed by atoms with van der Waals surface area (Å²) in [6.45, 7) is 1.38. The van der Waals surface area contributed by atoms with Crippen molar-refractivity contribution in [1.29, 1.82) is 0 Å². The van der Waals surface area contributed by atoms with Crippen molar-refractivity contribution in [3.63, 3.8) is 0 Å². The highest BCUT2D eigenvalue weighted by Crippen LogP contribution is 2.51. The van der Waals surface area contributed by atoms with Crippen LogP contribution in [-0.2, 0) is 55.7 Å². The number of phosphoric acid groups is 1. The molecule has 2 amide bonds. The van der Waals surface area contributed by atoms with Crippen LogP contribution < -0.4 is 15.2 Å². The number of hydrogen-bond acceptors (Lipinski definition) is 9. The van der Waals surface area contributed by atoms with E-state index in [1.54, 1.807) is 24.3 Å². The Balaban J connectivity index is 1.07. The van der Waals surface area contributed by atoms with Gasteiger partial charge in [-0.1, -0.05) is 126 Å². The molecule has 2 aromatic heterocycles. The average molecular weight is 784 g/mol. The fourth-order valence-electron chi connectivity index (χ4n) is 6.30. The van der Waals surface area contributed by atoms with Gasteiger partial charge in [0.15, 0.2) is 5.82 Å². The number of para-hydroxylation sites is 1. The van der Waals surface area contributed by atoms with E-state index in [0.29, 0.717) is 24.2 Å². The topological polar surface area (TPSA) is 158 Å². The van der Waals surface area contributed by atoms with Crippen LogP contribution in [0.3, 0.4) is 0 Å². The summed E-state index contributed by atoms with van der Waals surface area (Å²) >= 11 is 0. The van der Waals surface area contributed by atoms with Crippen molar-refractivity contribution in [2.75, 3.05) is 0 Å². The van der Waals surface area contributed by atoms with E-state index >= 15 is 0 Å². The van der Waals surface area contributed by atoms with Crippen LogP contribution in [0.5, 0.6) is 5.75 Å². The molecular formula is C44H42N5O7P. The summed E-state index contributed by atoms with van der Waals surface area (Å²) in [6.07, 6.45) is 2.85. The molecule has 0 saturated carbocycles. The molecule has 7 rings (SSSR count). The van der Waals surface area contributed by atoms with Crippen molar-refractivity contribution in [3.8, 4) is 5.75 Å². The van der Waals surface area contributed by atoms with Gasteiger partial charge in [0.25, 0.3) is 0 Å². The Kier molecular flexibility index (Phi) is 12.7. The molecule has 0 saturated heterocycles. The smallest absolute Gasteiger partial charge is 0.404 e. The molecule has 5 aromatic carbocycles. The molecule has 0 aliphatic heterocycles. The van der Waals surface area contributed by atoms with Gasteiger partial charge in [-0.2, -0.15) is 4.98 Å². The van der Waals surface area contributed by atoms with Gasteiger partial charge < -0.3 is 24.7 Å². The van der Waals surface area contributed by atoms with Crippen molar-refractivity contribution in [1.82, 2.24) is 25.8 Å². The number of amides is 2. The van der Waals surface area contributed by atoms with Crippen LogP contribution in [0, 0.1) is 0 Å². The number of hydrogen-bond donors (Lipinski definition) is 3. The largest absolute Gasteiger partial charge is 0.530 e. The number of H-pyrrole nitrogens is 1. The van der Waals surface area contributed by atoms with E-state index in [9.17, 15) is 14.2 Å². The molecule has 0 aliphatic rings. The number of phosphoric ester groups is 1. The molecule has 0 fully saturated rings. The standard InChI is InChI=1S/C44H42N5O7P/c1-31(50)46-40(25-33-21-23-37(24-22-33)56-57(52,53-29-34-15-7-3-8-16-34)54-30-35-17-9-4-10-18-35)43(51)47-41(27-36-28-45-39-20-12-11-19-38(36)39)44-48-42(49-55-44)26-32-13-5-2-6-14-32/h2-24,28,40-41,45H,25-27,29-30H2,1H3,(H,46,50)(H,47,51)/t40-,41-/m0/s1. The van der Waals surface area contributed by atoms with E-state index in [-0.39, 0.29) is 37.2 Å². The van der Waals surface area contributed by atoms with Crippen LogP contribution >= 0.6 is 7.82 Å². The molecule has 0 unspecified atom stereocenters. The maximum absolute atomic E-state index is 14.1. The third-order valence-corrected chi connectivity index (χ3v) is 10.5. The van der Waals surface area contributed by atoms with Crippen molar-refractivity contribution in [3.05, 3.63) is 185 Å². The van der Waals surface area contributed by atoms with E-state index in [4.69, 9.17) is 18.1 Å². The Labute approximate surface area is 330 Å². The number of aromatic nitrogens is 3. The Morgan fingerprint density at radius 1 is 0.719 bits per heavy atom. The van der Waals surface area contributed by atoms with Crippen molar-refractivity contribution in [2.24, 2.45) is 0 Å². The SMILES string of the molecule is CC(=O)N[C@@H](Cc1ccc(OP(=O)(OCc2ccccc2)OCc2ccccc2)cc1)C(=O)N[C@@H](Cc1c[nH]c2ccccc12)c1nc(Cc2ccccc2)no1. The first-order chi connectivity index (χ1) is 27.8. The van der Waals surface area contributed by atoms with E-state index in [2.05, 4.69) is 25.8 Å². The van der Waals surface area contributed by atoms with Crippen LogP contribution in [0.15, 0.2) is 150 Å². The third kappa shape index (κ3) is 10.9. The number of benzene rings is 5. The van der Waals surface area contributed by atoms with E-state index in [1.165, 1.54) is 6.92 Å². The Hall–Kier alpha value is -6.33. The third-order valence-electron chi connectivity index (χ3n) is 9.14. The zero-order valence-electron chi connectivity index (χ0n) is 31.2. The predicted molar refractivity (Wildman–Crippen MR) is 215 cm³/mol. The predicted octanol–water partition coefficient (Wildman–Crippen LogP) is 8.21. The van der Waals surface area contributed by atoms with Crippen LogP contribution in [-0.4, -0.2) is 33.0 Å². The summed E-state index contributed by atoms with van der Waals surface area (Å²) in [7, 11) is -4.10. The van der Waals surface area contributed by atoms with Crippen molar-refractivity contribution >= 4 is 30.5 Å². The van der Waals surface area contributed by atoms with Crippen LogP contribution in [0.25, 0.3) is 10.9 Å². The molecule has 0 aliphatic carbocycles. The Morgan fingerprint density at radius 2 is 1.32 bits per heavy atom. The molecule has 57 heavy (non-hydrogen) atoms. The van der Waals surface area contributed by atoms with Gasteiger partial charge in [0, 0.05) is 43.3 Å². The maximum atomic E-state index is 14.1. The molecule has 12 nitrogen and oxygen atoms in total. The Morgan fingerprint density at radius 3 is 1.95 bits per heavy atom.